The minimum absolute atomic E-state index is 0.0159. The summed E-state index contributed by atoms with van der Waals surface area (Å²) in [6.45, 7) is 2.07. The first kappa shape index (κ1) is 22.7. The summed E-state index contributed by atoms with van der Waals surface area (Å²) in [5, 5.41) is 20.1. The van der Waals surface area contributed by atoms with Crippen LogP contribution in [-0.2, 0) is 11.2 Å². The molecule has 4 rings (SSSR count). The highest BCUT2D eigenvalue weighted by Gasteiger charge is 2.32. The van der Waals surface area contributed by atoms with Crippen LogP contribution in [0.25, 0.3) is 0 Å². The zero-order valence-electron chi connectivity index (χ0n) is 17.7. The van der Waals surface area contributed by atoms with Crippen molar-refractivity contribution in [3.63, 3.8) is 0 Å². The number of nitrogens with zero attached hydrogens (tertiary/aromatic N) is 2. The number of hydrogen-bond acceptors (Lipinski definition) is 6. The quantitative estimate of drug-likeness (QED) is 0.407. The van der Waals surface area contributed by atoms with Crippen LogP contribution >= 0.6 is 22.9 Å². The zero-order valence-corrected chi connectivity index (χ0v) is 19.3. The highest BCUT2D eigenvalue weighted by molar-refractivity contribution is 7.13. The molecule has 2 heterocycles. The van der Waals surface area contributed by atoms with Crippen molar-refractivity contribution >= 4 is 39.7 Å². The lowest BCUT2D eigenvalue weighted by Crippen LogP contribution is -2.39. The predicted molar refractivity (Wildman–Crippen MR) is 131 cm³/mol. The van der Waals surface area contributed by atoms with Crippen molar-refractivity contribution in [2.24, 2.45) is 0 Å². The number of nitrogens with one attached hydrogen (secondary N) is 2. The molecule has 1 aliphatic rings. The van der Waals surface area contributed by atoms with Crippen LogP contribution in [-0.4, -0.2) is 41.7 Å². The van der Waals surface area contributed by atoms with E-state index in [1.165, 1.54) is 0 Å². The molecule has 0 aliphatic carbocycles. The van der Waals surface area contributed by atoms with Gasteiger partial charge in [0, 0.05) is 35.4 Å². The maximum Gasteiger partial charge on any atom is 0.247 e. The lowest BCUT2D eigenvalue weighted by atomic mass is 10.1. The van der Waals surface area contributed by atoms with E-state index in [0.717, 1.165) is 54.3 Å². The number of benzene rings is 2. The van der Waals surface area contributed by atoms with E-state index in [1.807, 2.05) is 41.8 Å². The van der Waals surface area contributed by atoms with E-state index in [2.05, 4.69) is 20.5 Å². The molecule has 3 N–H and O–H groups in total. The smallest absolute Gasteiger partial charge is 0.247 e. The number of anilines is 2. The van der Waals surface area contributed by atoms with Gasteiger partial charge in [-0.1, -0.05) is 35.9 Å². The number of aliphatic hydroxyl groups is 1. The van der Waals surface area contributed by atoms with E-state index in [-0.39, 0.29) is 11.9 Å². The maximum absolute atomic E-state index is 12.8. The average molecular weight is 471 g/mol. The zero-order chi connectivity index (χ0) is 22.3. The van der Waals surface area contributed by atoms with Gasteiger partial charge in [-0.05, 0) is 61.2 Å². The number of halogens is 1. The van der Waals surface area contributed by atoms with Gasteiger partial charge in [0.15, 0.2) is 5.13 Å². The molecule has 8 heteroatoms. The SMILES string of the molecule is O=C(Nc1ccc(CCNC[C@H](O)c2cccc(Cl)c2)cc1)[C@@H]1CCCN1c1nccs1. The first-order chi connectivity index (χ1) is 15.6. The molecule has 1 saturated heterocycles. The Hall–Kier alpha value is -2.45. The second-order valence-electron chi connectivity index (χ2n) is 7.88. The number of hydrogen-bond donors (Lipinski definition) is 3. The van der Waals surface area contributed by atoms with Crippen LogP contribution in [0.5, 0.6) is 0 Å². The molecule has 2 aromatic carbocycles. The standard InChI is InChI=1S/C24H27ClN4O2S/c25-19-4-1-3-18(15-19)22(30)16-26-11-10-17-6-8-20(9-7-17)28-23(31)21-5-2-13-29(21)24-27-12-14-32-24/h1,3-4,6-9,12,14-15,21-22,26,30H,2,5,10-11,13,16H2,(H,28,31)/t21-,22-/m0/s1. The van der Waals surface area contributed by atoms with Crippen LogP contribution in [0.15, 0.2) is 60.1 Å². The summed E-state index contributed by atoms with van der Waals surface area (Å²) >= 11 is 7.55. The molecule has 3 aromatic rings. The molecule has 6 nitrogen and oxygen atoms in total. The van der Waals surface area contributed by atoms with Gasteiger partial charge in [0.2, 0.25) is 5.91 Å². The number of aromatic nitrogens is 1. The summed E-state index contributed by atoms with van der Waals surface area (Å²) in [4.78, 5) is 19.2. The van der Waals surface area contributed by atoms with Crippen molar-refractivity contribution in [1.82, 2.24) is 10.3 Å². The van der Waals surface area contributed by atoms with E-state index < -0.39 is 6.10 Å². The van der Waals surface area contributed by atoms with Crippen molar-refractivity contribution in [3.8, 4) is 0 Å². The fraction of sp³-hybridized carbons (Fsp3) is 0.333. The second-order valence-corrected chi connectivity index (χ2v) is 9.19. The molecule has 1 amide bonds. The van der Waals surface area contributed by atoms with Crippen LogP contribution in [0, 0.1) is 0 Å². The summed E-state index contributed by atoms with van der Waals surface area (Å²) in [5.74, 6) is 0.0159. The van der Waals surface area contributed by atoms with Crippen molar-refractivity contribution < 1.29 is 9.90 Å². The Labute approximate surface area is 197 Å². The van der Waals surface area contributed by atoms with E-state index >= 15 is 0 Å². The topological polar surface area (TPSA) is 77.5 Å². The Morgan fingerprint density at radius 1 is 1.28 bits per heavy atom. The van der Waals surface area contributed by atoms with Crippen molar-refractivity contribution in [3.05, 3.63) is 76.3 Å². The maximum atomic E-state index is 12.8. The van der Waals surface area contributed by atoms with Crippen LogP contribution < -0.4 is 15.5 Å². The minimum Gasteiger partial charge on any atom is -0.387 e. The molecule has 0 unspecified atom stereocenters. The molecule has 1 fully saturated rings. The number of thiazole rings is 1. The van der Waals surface area contributed by atoms with Gasteiger partial charge in [-0.15, -0.1) is 11.3 Å². The van der Waals surface area contributed by atoms with Crippen LogP contribution in [0.1, 0.15) is 30.1 Å². The molecule has 2 atom stereocenters. The Morgan fingerprint density at radius 2 is 2.12 bits per heavy atom. The summed E-state index contributed by atoms with van der Waals surface area (Å²) in [7, 11) is 0. The third-order valence-electron chi connectivity index (χ3n) is 5.60. The third-order valence-corrected chi connectivity index (χ3v) is 6.65. The average Bonchev–Trinajstić information content (AvgIpc) is 3.49. The first-order valence-electron chi connectivity index (χ1n) is 10.8. The number of aliphatic hydroxyl groups excluding tert-OH is 1. The Balaban J connectivity index is 1.22. The molecule has 0 spiro atoms. The normalized spacial score (nSPS) is 16.8. The van der Waals surface area contributed by atoms with Crippen LogP contribution in [0.3, 0.4) is 0 Å². The van der Waals surface area contributed by atoms with E-state index in [0.29, 0.717) is 11.6 Å². The second kappa shape index (κ2) is 10.9. The number of carbonyl (C=O) groups excluding carboxylic acids is 1. The van der Waals surface area contributed by atoms with Gasteiger partial charge >= 0.3 is 0 Å². The largest absolute Gasteiger partial charge is 0.387 e. The molecule has 1 aromatic heterocycles. The van der Waals surface area contributed by atoms with Gasteiger partial charge in [0.1, 0.15) is 6.04 Å². The molecular weight excluding hydrogens is 444 g/mol. The molecule has 0 bridgehead atoms. The van der Waals surface area contributed by atoms with Gasteiger partial charge in [-0.3, -0.25) is 4.79 Å². The van der Waals surface area contributed by atoms with Gasteiger partial charge in [0.25, 0.3) is 0 Å². The van der Waals surface area contributed by atoms with Crippen molar-refractivity contribution in [1.29, 1.82) is 0 Å². The summed E-state index contributed by atoms with van der Waals surface area (Å²) in [5.41, 5.74) is 2.77. The van der Waals surface area contributed by atoms with Gasteiger partial charge < -0.3 is 20.6 Å². The van der Waals surface area contributed by atoms with Crippen molar-refractivity contribution in [2.75, 3.05) is 29.9 Å². The highest BCUT2D eigenvalue weighted by Crippen LogP contribution is 2.28. The highest BCUT2D eigenvalue weighted by atomic mass is 35.5. The molecule has 1 aliphatic heterocycles. The number of carbonyl (C=O) groups is 1. The number of amides is 1. The van der Waals surface area contributed by atoms with Crippen LogP contribution in [0.2, 0.25) is 5.02 Å². The van der Waals surface area contributed by atoms with E-state index in [4.69, 9.17) is 11.6 Å². The molecule has 168 valence electrons. The molecular formula is C24H27ClN4O2S. The lowest BCUT2D eigenvalue weighted by Gasteiger charge is -2.23. The van der Waals surface area contributed by atoms with Gasteiger partial charge in [0.05, 0.1) is 6.10 Å². The summed E-state index contributed by atoms with van der Waals surface area (Å²) in [6, 6.07) is 15.0. The van der Waals surface area contributed by atoms with Crippen LogP contribution in [0.4, 0.5) is 10.8 Å². The van der Waals surface area contributed by atoms with E-state index in [1.54, 1.807) is 29.7 Å². The first-order valence-corrected chi connectivity index (χ1v) is 12.1. The van der Waals surface area contributed by atoms with E-state index in [9.17, 15) is 9.90 Å². The minimum atomic E-state index is -0.592. The molecule has 0 radical (unpaired) electrons. The van der Waals surface area contributed by atoms with Crippen molar-refractivity contribution in [2.45, 2.75) is 31.4 Å². The monoisotopic (exact) mass is 470 g/mol. The fourth-order valence-electron chi connectivity index (χ4n) is 3.91. The molecule has 32 heavy (non-hydrogen) atoms. The summed E-state index contributed by atoms with van der Waals surface area (Å²) in [6.07, 6.45) is 3.85. The predicted octanol–water partition coefficient (Wildman–Crippen LogP) is 4.27. The number of rotatable bonds is 9. The lowest BCUT2D eigenvalue weighted by molar-refractivity contribution is -0.117. The van der Waals surface area contributed by atoms with Gasteiger partial charge in [-0.2, -0.15) is 0 Å². The summed E-state index contributed by atoms with van der Waals surface area (Å²) < 4.78 is 0. The Kier molecular flexibility index (Phi) is 7.76. The Morgan fingerprint density at radius 3 is 2.88 bits per heavy atom. The van der Waals surface area contributed by atoms with Gasteiger partial charge in [-0.25, -0.2) is 4.98 Å². The third kappa shape index (κ3) is 5.86. The fourth-order valence-corrected chi connectivity index (χ4v) is 4.83. The molecule has 0 saturated carbocycles. The Bertz CT molecular complexity index is 1010.